The van der Waals surface area contributed by atoms with E-state index < -0.39 is 0 Å². The molecule has 0 amide bonds. The maximum Gasteiger partial charge on any atom is 0.121 e. The SMILES string of the molecule is CC1=C(C)C(N)=NC1. The number of amidine groups is 1. The lowest BCUT2D eigenvalue weighted by Crippen LogP contribution is -2.09. The van der Waals surface area contributed by atoms with Crippen molar-refractivity contribution in [3.8, 4) is 0 Å². The monoisotopic (exact) mass is 110 g/mol. The molecule has 0 spiro atoms. The number of nitrogens with zero attached hydrogens (tertiary/aromatic N) is 1. The Morgan fingerprint density at radius 3 is 2.25 bits per heavy atom. The molecular weight excluding hydrogens is 100 g/mol. The smallest absolute Gasteiger partial charge is 0.121 e. The summed E-state index contributed by atoms with van der Waals surface area (Å²) >= 11 is 0. The standard InChI is InChI=1S/C6H10N2/c1-4-3-8-6(7)5(4)2/h3H2,1-2H3,(H2,7,8). The number of rotatable bonds is 0. The summed E-state index contributed by atoms with van der Waals surface area (Å²) < 4.78 is 0. The largest absolute Gasteiger partial charge is 0.384 e. The van der Waals surface area contributed by atoms with Gasteiger partial charge in [-0.25, -0.2) is 0 Å². The first-order chi connectivity index (χ1) is 3.72. The molecule has 2 heteroatoms. The molecule has 1 rings (SSSR count). The molecule has 0 aromatic heterocycles. The third kappa shape index (κ3) is 0.619. The lowest BCUT2D eigenvalue weighted by Gasteiger charge is -1.90. The Morgan fingerprint density at radius 2 is 2.12 bits per heavy atom. The lowest BCUT2D eigenvalue weighted by molar-refractivity contribution is 1.16. The van der Waals surface area contributed by atoms with E-state index in [2.05, 4.69) is 11.9 Å². The topological polar surface area (TPSA) is 38.4 Å². The van der Waals surface area contributed by atoms with Gasteiger partial charge in [0.1, 0.15) is 5.84 Å². The van der Waals surface area contributed by atoms with E-state index in [1.54, 1.807) is 0 Å². The zero-order valence-corrected chi connectivity index (χ0v) is 5.23. The van der Waals surface area contributed by atoms with E-state index >= 15 is 0 Å². The molecule has 1 heterocycles. The first-order valence-corrected chi connectivity index (χ1v) is 2.68. The molecule has 0 fully saturated rings. The zero-order valence-electron chi connectivity index (χ0n) is 5.23. The average molecular weight is 110 g/mol. The molecule has 0 radical (unpaired) electrons. The fraction of sp³-hybridized carbons (Fsp3) is 0.500. The van der Waals surface area contributed by atoms with Crippen molar-refractivity contribution in [3.05, 3.63) is 11.1 Å². The summed E-state index contributed by atoms with van der Waals surface area (Å²) in [6.07, 6.45) is 0. The van der Waals surface area contributed by atoms with E-state index in [1.807, 2.05) is 6.92 Å². The van der Waals surface area contributed by atoms with E-state index in [4.69, 9.17) is 5.73 Å². The molecule has 44 valence electrons. The average Bonchev–Trinajstić information content (AvgIpc) is 1.98. The van der Waals surface area contributed by atoms with Gasteiger partial charge in [-0.3, -0.25) is 4.99 Å². The Bertz CT molecular complexity index is 160. The van der Waals surface area contributed by atoms with Gasteiger partial charge in [-0.05, 0) is 25.0 Å². The molecular formula is C6H10N2. The third-order valence-corrected chi connectivity index (χ3v) is 1.51. The Morgan fingerprint density at radius 1 is 1.50 bits per heavy atom. The summed E-state index contributed by atoms with van der Waals surface area (Å²) in [6.45, 7) is 4.86. The predicted octanol–water partition coefficient (Wildman–Crippen LogP) is 0.694. The highest BCUT2D eigenvalue weighted by atomic mass is 14.9. The van der Waals surface area contributed by atoms with Crippen LogP contribution < -0.4 is 5.73 Å². The van der Waals surface area contributed by atoms with Crippen LogP contribution in [0.2, 0.25) is 0 Å². The number of hydrogen-bond acceptors (Lipinski definition) is 2. The molecule has 2 N–H and O–H groups in total. The Hall–Kier alpha value is -0.790. The van der Waals surface area contributed by atoms with Crippen LogP contribution in [-0.2, 0) is 0 Å². The van der Waals surface area contributed by atoms with Crippen molar-refractivity contribution in [2.75, 3.05) is 6.54 Å². The van der Waals surface area contributed by atoms with Gasteiger partial charge in [0.25, 0.3) is 0 Å². The second-order valence-electron chi connectivity index (χ2n) is 2.11. The summed E-state index contributed by atoms with van der Waals surface area (Å²) in [6, 6.07) is 0. The van der Waals surface area contributed by atoms with Crippen molar-refractivity contribution in [2.24, 2.45) is 10.7 Å². The fourth-order valence-corrected chi connectivity index (χ4v) is 0.660. The molecule has 0 saturated carbocycles. The van der Waals surface area contributed by atoms with Crippen molar-refractivity contribution >= 4 is 5.84 Å². The van der Waals surface area contributed by atoms with Gasteiger partial charge < -0.3 is 5.73 Å². The van der Waals surface area contributed by atoms with E-state index in [0.29, 0.717) is 5.84 Å². The highest BCUT2D eigenvalue weighted by Gasteiger charge is 2.06. The number of hydrogen-bond donors (Lipinski definition) is 1. The molecule has 1 aliphatic rings. The molecule has 0 aliphatic carbocycles. The molecule has 0 aromatic carbocycles. The number of nitrogens with two attached hydrogens (primary N) is 1. The molecule has 0 saturated heterocycles. The molecule has 0 unspecified atom stereocenters. The molecule has 8 heavy (non-hydrogen) atoms. The molecule has 2 nitrogen and oxygen atoms in total. The van der Waals surface area contributed by atoms with Crippen molar-refractivity contribution in [3.63, 3.8) is 0 Å². The second kappa shape index (κ2) is 1.62. The van der Waals surface area contributed by atoms with Gasteiger partial charge in [0.05, 0.1) is 6.54 Å². The van der Waals surface area contributed by atoms with Crippen LogP contribution >= 0.6 is 0 Å². The predicted molar refractivity (Wildman–Crippen MR) is 34.9 cm³/mol. The quantitative estimate of drug-likeness (QED) is 0.489. The molecule has 0 bridgehead atoms. The normalized spacial score (nSPS) is 19.5. The van der Waals surface area contributed by atoms with E-state index in [-0.39, 0.29) is 0 Å². The van der Waals surface area contributed by atoms with Crippen LogP contribution in [0.15, 0.2) is 16.1 Å². The van der Waals surface area contributed by atoms with Gasteiger partial charge in [0.2, 0.25) is 0 Å². The molecule has 1 aliphatic heterocycles. The molecule has 0 aromatic rings. The van der Waals surface area contributed by atoms with Crippen LogP contribution in [0.4, 0.5) is 0 Å². The zero-order chi connectivity index (χ0) is 6.15. The minimum atomic E-state index is 0.711. The van der Waals surface area contributed by atoms with Crippen LogP contribution in [0.5, 0.6) is 0 Å². The Labute approximate surface area is 49.1 Å². The van der Waals surface area contributed by atoms with E-state index in [1.165, 1.54) is 5.57 Å². The third-order valence-electron chi connectivity index (χ3n) is 1.51. The van der Waals surface area contributed by atoms with Gasteiger partial charge in [0, 0.05) is 0 Å². The molecule has 0 atom stereocenters. The van der Waals surface area contributed by atoms with Gasteiger partial charge in [-0.15, -0.1) is 0 Å². The summed E-state index contributed by atoms with van der Waals surface area (Å²) in [5.41, 5.74) is 7.91. The van der Waals surface area contributed by atoms with E-state index in [0.717, 1.165) is 12.1 Å². The van der Waals surface area contributed by atoms with Crippen molar-refractivity contribution in [1.29, 1.82) is 0 Å². The highest BCUT2D eigenvalue weighted by molar-refractivity contribution is 5.98. The van der Waals surface area contributed by atoms with Crippen LogP contribution in [0.3, 0.4) is 0 Å². The first-order valence-electron chi connectivity index (χ1n) is 2.68. The Kier molecular flexibility index (Phi) is 1.08. The maximum atomic E-state index is 5.46. The van der Waals surface area contributed by atoms with Crippen molar-refractivity contribution in [1.82, 2.24) is 0 Å². The highest BCUT2D eigenvalue weighted by Crippen LogP contribution is 2.09. The number of aliphatic imine (C=N–C) groups is 1. The summed E-state index contributed by atoms with van der Waals surface area (Å²) in [7, 11) is 0. The second-order valence-corrected chi connectivity index (χ2v) is 2.11. The summed E-state index contributed by atoms with van der Waals surface area (Å²) in [5, 5.41) is 0. The first kappa shape index (κ1) is 5.35. The fourth-order valence-electron chi connectivity index (χ4n) is 0.660. The van der Waals surface area contributed by atoms with Crippen molar-refractivity contribution < 1.29 is 0 Å². The van der Waals surface area contributed by atoms with Gasteiger partial charge in [-0.2, -0.15) is 0 Å². The van der Waals surface area contributed by atoms with Gasteiger partial charge in [0.15, 0.2) is 0 Å². The van der Waals surface area contributed by atoms with Crippen molar-refractivity contribution in [2.45, 2.75) is 13.8 Å². The van der Waals surface area contributed by atoms with E-state index in [9.17, 15) is 0 Å². The van der Waals surface area contributed by atoms with Gasteiger partial charge >= 0.3 is 0 Å². The van der Waals surface area contributed by atoms with Crippen LogP contribution in [-0.4, -0.2) is 12.4 Å². The van der Waals surface area contributed by atoms with Crippen LogP contribution in [0.1, 0.15) is 13.8 Å². The van der Waals surface area contributed by atoms with Crippen LogP contribution in [0.25, 0.3) is 0 Å². The van der Waals surface area contributed by atoms with Gasteiger partial charge in [-0.1, -0.05) is 0 Å². The summed E-state index contributed by atoms with van der Waals surface area (Å²) in [4.78, 5) is 4.02. The minimum absolute atomic E-state index is 0.711. The lowest BCUT2D eigenvalue weighted by atomic mass is 10.2. The maximum absolute atomic E-state index is 5.46. The Balaban J connectivity index is 2.88. The minimum Gasteiger partial charge on any atom is -0.384 e. The van der Waals surface area contributed by atoms with Crippen LogP contribution in [0, 0.1) is 0 Å². The summed E-state index contributed by atoms with van der Waals surface area (Å²) in [5.74, 6) is 0.711.